The number of para-hydroxylation sites is 1. The fourth-order valence-corrected chi connectivity index (χ4v) is 3.42. The Labute approximate surface area is 147 Å². The summed E-state index contributed by atoms with van der Waals surface area (Å²) in [7, 11) is 1.89. The minimum atomic E-state index is -0.768. The second-order valence-corrected chi connectivity index (χ2v) is 6.68. The molecule has 2 aromatic rings. The van der Waals surface area contributed by atoms with Gasteiger partial charge in [-0.1, -0.05) is 23.4 Å². The fourth-order valence-electron chi connectivity index (χ4n) is 3.42. The number of nitrogens with zero attached hydrogens (tertiary/aromatic N) is 5. The number of hydrogen-bond acceptors (Lipinski definition) is 5. The lowest BCUT2D eigenvalue weighted by atomic mass is 10.0. The third-order valence-corrected chi connectivity index (χ3v) is 5.01. The van der Waals surface area contributed by atoms with E-state index < -0.39 is 5.97 Å². The zero-order valence-corrected chi connectivity index (χ0v) is 14.7. The number of aromatic nitrogens is 3. The third kappa shape index (κ3) is 4.24. The Kier molecular flexibility index (Phi) is 5.45. The average molecular weight is 343 g/mol. The van der Waals surface area contributed by atoms with E-state index in [0.29, 0.717) is 6.04 Å². The van der Waals surface area contributed by atoms with Crippen LogP contribution in [-0.2, 0) is 4.79 Å². The van der Waals surface area contributed by atoms with Crippen LogP contribution in [0.4, 0.5) is 0 Å². The molecular formula is C18H25N5O2. The molecule has 0 aliphatic carbocycles. The van der Waals surface area contributed by atoms with Crippen molar-refractivity contribution in [1.29, 1.82) is 0 Å². The number of aliphatic carboxylic acids is 1. The normalized spacial score (nSPS) is 17.7. The van der Waals surface area contributed by atoms with Gasteiger partial charge in [0.1, 0.15) is 0 Å². The molecule has 0 saturated carbocycles. The van der Waals surface area contributed by atoms with Crippen molar-refractivity contribution in [1.82, 2.24) is 24.8 Å². The maximum Gasteiger partial charge on any atom is 0.317 e. The summed E-state index contributed by atoms with van der Waals surface area (Å²) in [6.07, 6.45) is 3.94. The highest BCUT2D eigenvalue weighted by Gasteiger charge is 2.27. The largest absolute Gasteiger partial charge is 0.480 e. The van der Waals surface area contributed by atoms with Crippen LogP contribution in [0.25, 0.3) is 5.69 Å². The molecule has 7 heteroatoms. The zero-order valence-electron chi connectivity index (χ0n) is 14.7. The van der Waals surface area contributed by atoms with Gasteiger partial charge in [-0.3, -0.25) is 14.6 Å². The molecule has 134 valence electrons. The summed E-state index contributed by atoms with van der Waals surface area (Å²) in [5, 5.41) is 17.5. The summed E-state index contributed by atoms with van der Waals surface area (Å²) in [6.45, 7) is 4.13. The van der Waals surface area contributed by atoms with E-state index in [0.717, 1.165) is 37.3 Å². The monoisotopic (exact) mass is 343 g/mol. The van der Waals surface area contributed by atoms with Gasteiger partial charge in [-0.25, -0.2) is 4.68 Å². The number of carbonyl (C=O) groups is 1. The summed E-state index contributed by atoms with van der Waals surface area (Å²) in [4.78, 5) is 15.2. The van der Waals surface area contributed by atoms with E-state index in [-0.39, 0.29) is 12.6 Å². The predicted molar refractivity (Wildman–Crippen MR) is 94.6 cm³/mol. The van der Waals surface area contributed by atoms with Crippen molar-refractivity contribution in [2.75, 3.05) is 26.7 Å². The van der Waals surface area contributed by atoms with Gasteiger partial charge in [0.15, 0.2) is 0 Å². The van der Waals surface area contributed by atoms with E-state index in [4.69, 9.17) is 5.11 Å². The highest BCUT2D eigenvalue weighted by Crippen LogP contribution is 2.24. The van der Waals surface area contributed by atoms with Crippen LogP contribution < -0.4 is 0 Å². The Morgan fingerprint density at radius 3 is 2.64 bits per heavy atom. The molecular weight excluding hydrogens is 318 g/mol. The highest BCUT2D eigenvalue weighted by atomic mass is 16.4. The first-order valence-corrected chi connectivity index (χ1v) is 8.68. The highest BCUT2D eigenvalue weighted by molar-refractivity contribution is 5.69. The van der Waals surface area contributed by atoms with Crippen LogP contribution in [0.5, 0.6) is 0 Å². The average Bonchev–Trinajstić information content (AvgIpc) is 3.11. The predicted octanol–water partition coefficient (Wildman–Crippen LogP) is 1.81. The molecule has 0 amide bonds. The van der Waals surface area contributed by atoms with Gasteiger partial charge in [-0.15, -0.1) is 5.10 Å². The van der Waals surface area contributed by atoms with E-state index in [9.17, 15) is 4.79 Å². The van der Waals surface area contributed by atoms with Crippen molar-refractivity contribution in [2.45, 2.75) is 31.8 Å². The number of rotatable bonds is 6. The molecule has 1 aromatic carbocycles. The smallest absolute Gasteiger partial charge is 0.317 e. The van der Waals surface area contributed by atoms with E-state index >= 15 is 0 Å². The first kappa shape index (κ1) is 17.6. The van der Waals surface area contributed by atoms with Gasteiger partial charge in [-0.2, -0.15) is 0 Å². The van der Waals surface area contributed by atoms with Crippen LogP contribution in [0, 0.1) is 0 Å². The lowest BCUT2D eigenvalue weighted by molar-refractivity contribution is -0.138. The second kappa shape index (κ2) is 7.76. The lowest BCUT2D eigenvalue weighted by Crippen LogP contribution is -2.45. The minimum absolute atomic E-state index is 0.103. The summed E-state index contributed by atoms with van der Waals surface area (Å²) in [5.41, 5.74) is 1.96. The molecule has 3 rings (SSSR count). The number of hydrogen-bond donors (Lipinski definition) is 1. The maximum atomic E-state index is 10.9. The van der Waals surface area contributed by atoms with Crippen LogP contribution in [0.2, 0.25) is 0 Å². The maximum absolute atomic E-state index is 10.9. The second-order valence-electron chi connectivity index (χ2n) is 6.68. The molecule has 0 bridgehead atoms. The van der Waals surface area contributed by atoms with Gasteiger partial charge in [0, 0.05) is 19.1 Å². The Hall–Kier alpha value is -2.25. The molecule has 1 N–H and O–H groups in total. The van der Waals surface area contributed by atoms with Gasteiger partial charge in [0.2, 0.25) is 0 Å². The molecule has 25 heavy (non-hydrogen) atoms. The standard InChI is InChI=1S/C18H25N5O2/c1-14(17-12-23(20-19-17)16-6-4-3-5-7-16)22-10-8-15(9-11-22)21(2)13-18(24)25/h3-7,12,14-15H,8-11,13H2,1-2H3,(H,24,25). The van der Waals surface area contributed by atoms with E-state index in [1.807, 2.05) is 48.5 Å². The molecule has 1 aliphatic rings. The Balaban J connectivity index is 1.59. The number of likely N-dealkylation sites (N-methyl/N-ethyl adjacent to an activating group) is 1. The molecule has 1 saturated heterocycles. The molecule has 0 spiro atoms. The SMILES string of the molecule is CC(c1cn(-c2ccccc2)nn1)N1CCC(N(C)CC(=O)O)CC1. The zero-order chi connectivity index (χ0) is 17.8. The summed E-state index contributed by atoms with van der Waals surface area (Å²) < 4.78 is 1.80. The van der Waals surface area contributed by atoms with E-state index in [1.165, 1.54) is 0 Å². The Morgan fingerprint density at radius 1 is 1.32 bits per heavy atom. The van der Waals surface area contributed by atoms with Gasteiger partial charge >= 0.3 is 5.97 Å². The number of benzene rings is 1. The Bertz CT molecular complexity index is 695. The number of carboxylic acids is 1. The van der Waals surface area contributed by atoms with Crippen LogP contribution in [0.3, 0.4) is 0 Å². The first-order chi connectivity index (χ1) is 12.0. The summed E-state index contributed by atoms with van der Waals surface area (Å²) in [5.74, 6) is -0.768. The van der Waals surface area contributed by atoms with Crippen molar-refractivity contribution >= 4 is 5.97 Å². The van der Waals surface area contributed by atoms with Crippen LogP contribution in [-0.4, -0.2) is 68.6 Å². The van der Waals surface area contributed by atoms with Crippen LogP contribution >= 0.6 is 0 Å². The van der Waals surface area contributed by atoms with Gasteiger partial charge in [0.05, 0.1) is 30.2 Å². The lowest BCUT2D eigenvalue weighted by Gasteiger charge is -2.38. The van der Waals surface area contributed by atoms with Crippen LogP contribution in [0.15, 0.2) is 36.5 Å². The quantitative estimate of drug-likeness (QED) is 0.862. The van der Waals surface area contributed by atoms with Gasteiger partial charge < -0.3 is 5.11 Å². The van der Waals surface area contributed by atoms with Gasteiger partial charge in [0.25, 0.3) is 0 Å². The van der Waals surface area contributed by atoms with Crippen molar-refractivity contribution < 1.29 is 9.90 Å². The molecule has 1 aromatic heterocycles. The molecule has 2 heterocycles. The molecule has 1 atom stereocenters. The summed E-state index contributed by atoms with van der Waals surface area (Å²) >= 11 is 0. The molecule has 7 nitrogen and oxygen atoms in total. The van der Waals surface area contributed by atoms with E-state index in [1.54, 1.807) is 4.68 Å². The minimum Gasteiger partial charge on any atom is -0.480 e. The number of piperidine rings is 1. The van der Waals surface area contributed by atoms with Crippen LogP contribution in [0.1, 0.15) is 31.5 Å². The van der Waals surface area contributed by atoms with Gasteiger partial charge in [-0.05, 0) is 38.9 Å². The molecule has 1 unspecified atom stereocenters. The number of carboxylic acid groups (broad SMARTS) is 1. The van der Waals surface area contributed by atoms with E-state index in [2.05, 4.69) is 22.1 Å². The number of likely N-dealkylation sites (tertiary alicyclic amines) is 1. The molecule has 1 aliphatic heterocycles. The third-order valence-electron chi connectivity index (χ3n) is 5.01. The van der Waals surface area contributed by atoms with Crippen molar-refractivity contribution in [2.24, 2.45) is 0 Å². The van der Waals surface area contributed by atoms with Crippen molar-refractivity contribution in [3.63, 3.8) is 0 Å². The topological polar surface area (TPSA) is 74.5 Å². The Morgan fingerprint density at radius 2 is 2.00 bits per heavy atom. The van der Waals surface area contributed by atoms with Crippen molar-refractivity contribution in [3.8, 4) is 5.69 Å². The fraction of sp³-hybridized carbons (Fsp3) is 0.500. The molecule has 0 radical (unpaired) electrons. The van der Waals surface area contributed by atoms with Crippen molar-refractivity contribution in [3.05, 3.63) is 42.2 Å². The molecule has 1 fully saturated rings. The summed E-state index contributed by atoms with van der Waals surface area (Å²) in [6, 6.07) is 10.5. The first-order valence-electron chi connectivity index (χ1n) is 8.68.